The number of aromatic nitrogens is 5. The first-order valence-electron chi connectivity index (χ1n) is 8.61. The van der Waals surface area contributed by atoms with E-state index in [4.69, 9.17) is 10.1 Å². The average Bonchev–Trinajstić information content (AvgIpc) is 3.46. The summed E-state index contributed by atoms with van der Waals surface area (Å²) in [5.74, 6) is 3.13. The smallest absolute Gasteiger partial charge is 0.258 e. The maximum absolute atomic E-state index is 12.3. The summed E-state index contributed by atoms with van der Waals surface area (Å²) >= 11 is 0. The number of hydrogen-bond acceptors (Lipinski definition) is 4. The minimum absolute atomic E-state index is 0.0505. The van der Waals surface area contributed by atoms with E-state index in [1.807, 2.05) is 23.7 Å². The number of pyridine rings is 1. The first-order valence-corrected chi connectivity index (χ1v) is 8.61. The van der Waals surface area contributed by atoms with Gasteiger partial charge in [-0.2, -0.15) is 5.10 Å². The van der Waals surface area contributed by atoms with Gasteiger partial charge in [-0.05, 0) is 50.3 Å². The van der Waals surface area contributed by atoms with Crippen LogP contribution in [0.4, 0.5) is 0 Å². The van der Waals surface area contributed by atoms with Crippen LogP contribution in [0.15, 0.2) is 29.2 Å². The predicted octanol–water partition coefficient (Wildman–Crippen LogP) is 2.40. The van der Waals surface area contributed by atoms with E-state index < -0.39 is 0 Å². The SMILES string of the molecule is Cc1ccn2c(=O)cc(Cn3nc(C4CC4)nc3C3CC3)nc2c1. The lowest BCUT2D eigenvalue weighted by molar-refractivity contribution is 0.622. The molecule has 0 aromatic carbocycles. The summed E-state index contributed by atoms with van der Waals surface area (Å²) in [4.78, 5) is 21.8. The van der Waals surface area contributed by atoms with E-state index in [2.05, 4.69) is 4.98 Å². The maximum atomic E-state index is 12.3. The average molecular weight is 321 g/mol. The summed E-state index contributed by atoms with van der Waals surface area (Å²) in [6.07, 6.45) is 6.55. The second-order valence-corrected chi connectivity index (χ2v) is 7.05. The molecule has 0 radical (unpaired) electrons. The lowest BCUT2D eigenvalue weighted by Gasteiger charge is -2.07. The second-order valence-electron chi connectivity index (χ2n) is 7.05. The number of aryl methyl sites for hydroxylation is 1. The van der Waals surface area contributed by atoms with Gasteiger partial charge in [-0.25, -0.2) is 14.6 Å². The number of hydrogen-bond donors (Lipinski definition) is 0. The molecular weight excluding hydrogens is 302 g/mol. The molecule has 0 amide bonds. The molecule has 3 aromatic rings. The van der Waals surface area contributed by atoms with Gasteiger partial charge in [0.15, 0.2) is 5.82 Å². The van der Waals surface area contributed by atoms with E-state index in [-0.39, 0.29) is 5.56 Å². The van der Waals surface area contributed by atoms with Crippen LogP contribution in [0, 0.1) is 6.92 Å². The fraction of sp³-hybridized carbons (Fsp3) is 0.444. The number of rotatable bonds is 4. The van der Waals surface area contributed by atoms with Crippen molar-refractivity contribution in [3.63, 3.8) is 0 Å². The molecule has 0 aliphatic heterocycles. The van der Waals surface area contributed by atoms with Crippen molar-refractivity contribution >= 4 is 5.65 Å². The van der Waals surface area contributed by atoms with Crippen molar-refractivity contribution in [1.29, 1.82) is 0 Å². The molecule has 0 atom stereocenters. The molecule has 122 valence electrons. The van der Waals surface area contributed by atoms with E-state index in [0.717, 1.165) is 22.9 Å². The zero-order valence-electron chi connectivity index (χ0n) is 13.6. The minimum Gasteiger partial charge on any atom is -0.269 e. The Hall–Kier alpha value is -2.50. The molecule has 3 aromatic heterocycles. The summed E-state index contributed by atoms with van der Waals surface area (Å²) in [6.45, 7) is 2.52. The van der Waals surface area contributed by atoms with Crippen LogP contribution < -0.4 is 5.56 Å². The highest BCUT2D eigenvalue weighted by Crippen LogP contribution is 2.42. The van der Waals surface area contributed by atoms with Gasteiger partial charge < -0.3 is 0 Å². The zero-order valence-corrected chi connectivity index (χ0v) is 13.6. The highest BCUT2D eigenvalue weighted by atomic mass is 16.1. The predicted molar refractivity (Wildman–Crippen MR) is 89.3 cm³/mol. The van der Waals surface area contributed by atoms with E-state index in [1.165, 1.54) is 25.7 Å². The third-order valence-corrected chi connectivity index (χ3v) is 4.79. The van der Waals surface area contributed by atoms with Crippen LogP contribution in [0.1, 0.15) is 60.4 Å². The van der Waals surface area contributed by atoms with Gasteiger partial charge in [0.25, 0.3) is 5.56 Å². The molecule has 24 heavy (non-hydrogen) atoms. The zero-order chi connectivity index (χ0) is 16.3. The minimum atomic E-state index is -0.0505. The highest BCUT2D eigenvalue weighted by molar-refractivity contribution is 5.41. The molecule has 5 rings (SSSR count). The van der Waals surface area contributed by atoms with Gasteiger partial charge >= 0.3 is 0 Å². The molecular formula is C18H19N5O. The van der Waals surface area contributed by atoms with Crippen molar-refractivity contribution in [1.82, 2.24) is 24.1 Å². The third-order valence-electron chi connectivity index (χ3n) is 4.79. The molecule has 2 saturated carbocycles. The molecule has 2 fully saturated rings. The maximum Gasteiger partial charge on any atom is 0.258 e. The number of fused-ring (bicyclic) bond motifs is 1. The Morgan fingerprint density at radius 3 is 2.67 bits per heavy atom. The standard InChI is InChI=1S/C18H19N5O/c1-11-6-7-22-15(8-11)19-14(9-16(22)24)10-23-18(13-4-5-13)20-17(21-23)12-2-3-12/h6-9,12-13H,2-5,10H2,1H3. The van der Waals surface area contributed by atoms with Crippen LogP contribution in [0.2, 0.25) is 0 Å². The van der Waals surface area contributed by atoms with Crippen LogP contribution in [0.5, 0.6) is 0 Å². The number of nitrogens with zero attached hydrogens (tertiary/aromatic N) is 5. The van der Waals surface area contributed by atoms with Crippen molar-refractivity contribution in [3.8, 4) is 0 Å². The molecule has 0 bridgehead atoms. The van der Waals surface area contributed by atoms with Gasteiger partial charge in [0.1, 0.15) is 11.5 Å². The Morgan fingerprint density at radius 1 is 1.12 bits per heavy atom. The van der Waals surface area contributed by atoms with Gasteiger partial charge in [0.05, 0.1) is 12.2 Å². The molecule has 0 spiro atoms. The summed E-state index contributed by atoms with van der Waals surface area (Å²) in [6, 6.07) is 5.46. The van der Waals surface area contributed by atoms with E-state index in [1.54, 1.807) is 16.7 Å². The fourth-order valence-electron chi connectivity index (χ4n) is 3.13. The van der Waals surface area contributed by atoms with Crippen LogP contribution >= 0.6 is 0 Å². The van der Waals surface area contributed by atoms with E-state index >= 15 is 0 Å². The molecule has 2 aliphatic rings. The lowest BCUT2D eigenvalue weighted by atomic mass is 10.3. The third kappa shape index (κ3) is 2.42. The summed E-state index contributed by atoms with van der Waals surface area (Å²) in [5.41, 5.74) is 2.48. The van der Waals surface area contributed by atoms with Crippen molar-refractivity contribution in [2.24, 2.45) is 0 Å². The summed E-state index contributed by atoms with van der Waals surface area (Å²) < 4.78 is 3.55. The van der Waals surface area contributed by atoms with Crippen molar-refractivity contribution in [2.45, 2.75) is 51.0 Å². The Morgan fingerprint density at radius 2 is 1.92 bits per heavy atom. The molecule has 2 aliphatic carbocycles. The van der Waals surface area contributed by atoms with Gasteiger partial charge in [-0.1, -0.05) is 0 Å². The summed E-state index contributed by atoms with van der Waals surface area (Å²) in [7, 11) is 0. The van der Waals surface area contributed by atoms with Crippen LogP contribution in [0.25, 0.3) is 5.65 Å². The molecule has 6 heteroatoms. The Bertz CT molecular complexity index is 994. The summed E-state index contributed by atoms with van der Waals surface area (Å²) in [5, 5.41) is 4.71. The van der Waals surface area contributed by atoms with Crippen LogP contribution in [0.3, 0.4) is 0 Å². The lowest BCUT2D eigenvalue weighted by Crippen LogP contribution is -2.17. The molecule has 0 N–H and O–H groups in total. The fourth-order valence-corrected chi connectivity index (χ4v) is 3.13. The van der Waals surface area contributed by atoms with Crippen LogP contribution in [-0.4, -0.2) is 24.1 Å². The van der Waals surface area contributed by atoms with Gasteiger partial charge in [-0.15, -0.1) is 0 Å². The normalized spacial score (nSPS) is 17.5. The highest BCUT2D eigenvalue weighted by Gasteiger charge is 2.34. The topological polar surface area (TPSA) is 65.1 Å². The largest absolute Gasteiger partial charge is 0.269 e. The monoisotopic (exact) mass is 321 g/mol. The van der Waals surface area contributed by atoms with Gasteiger partial charge in [-0.3, -0.25) is 9.20 Å². The first-order chi connectivity index (χ1) is 11.7. The Labute approximate surface area is 139 Å². The van der Waals surface area contributed by atoms with Crippen molar-refractivity contribution in [2.75, 3.05) is 0 Å². The van der Waals surface area contributed by atoms with Crippen molar-refractivity contribution in [3.05, 3.63) is 57.7 Å². The Kier molecular flexibility index (Phi) is 2.89. The molecule has 0 saturated heterocycles. The molecule has 0 unspecified atom stereocenters. The second kappa shape index (κ2) is 5.00. The van der Waals surface area contributed by atoms with Crippen molar-refractivity contribution < 1.29 is 0 Å². The quantitative estimate of drug-likeness (QED) is 0.740. The Balaban J connectivity index is 1.55. The molecule has 3 heterocycles. The van der Waals surface area contributed by atoms with Gasteiger partial charge in [0, 0.05) is 24.1 Å². The van der Waals surface area contributed by atoms with E-state index in [0.29, 0.717) is 24.0 Å². The van der Waals surface area contributed by atoms with E-state index in [9.17, 15) is 4.79 Å². The van der Waals surface area contributed by atoms with Gasteiger partial charge in [0.2, 0.25) is 0 Å². The first kappa shape index (κ1) is 13.9. The van der Waals surface area contributed by atoms with Crippen LogP contribution in [-0.2, 0) is 6.54 Å². The molecule has 6 nitrogen and oxygen atoms in total.